The first kappa shape index (κ1) is 25.5. The highest BCUT2D eigenvalue weighted by atomic mass is 16.5. The third kappa shape index (κ3) is 6.99. The van der Waals surface area contributed by atoms with E-state index in [4.69, 9.17) is 14.5 Å². The Balaban J connectivity index is 1.34. The first-order valence-electron chi connectivity index (χ1n) is 12.4. The van der Waals surface area contributed by atoms with E-state index in [1.807, 2.05) is 78.8 Å². The monoisotopic (exact) mass is 486 g/mol. The van der Waals surface area contributed by atoms with Crippen LogP contribution in [0.4, 0.5) is 0 Å². The normalized spacial score (nSPS) is 21.6. The molecule has 0 bridgehead atoms. The summed E-state index contributed by atoms with van der Waals surface area (Å²) in [6, 6.07) is -0.0668. The van der Waals surface area contributed by atoms with Crippen molar-refractivity contribution in [3.8, 4) is 0 Å². The number of nitrogens with zero attached hydrogens (tertiary/aromatic N) is 4. The minimum absolute atomic E-state index is 0.0668. The molecule has 2 aliphatic carbocycles. The van der Waals surface area contributed by atoms with Gasteiger partial charge >= 0.3 is 0 Å². The first-order chi connectivity index (χ1) is 17.6. The zero-order valence-corrected chi connectivity index (χ0v) is 20.9. The molecule has 0 N–H and O–H groups in total. The lowest BCUT2D eigenvalue weighted by Crippen LogP contribution is -2.38. The second-order valence-electron chi connectivity index (χ2n) is 8.71. The Kier molecular flexibility index (Phi) is 9.19. The minimum Gasteiger partial charge on any atom is -0.493 e. The maximum atomic E-state index is 13.3. The molecule has 1 unspecified atom stereocenters. The van der Waals surface area contributed by atoms with Crippen molar-refractivity contribution in [3.05, 3.63) is 96.3 Å². The van der Waals surface area contributed by atoms with Crippen molar-refractivity contribution in [2.24, 2.45) is 9.98 Å². The summed E-state index contributed by atoms with van der Waals surface area (Å²) in [5.41, 5.74) is 2.64. The van der Waals surface area contributed by atoms with Crippen LogP contribution in [0, 0.1) is 0 Å². The minimum atomic E-state index is -0.127. The topological polar surface area (TPSA) is 66.7 Å². The van der Waals surface area contributed by atoms with Gasteiger partial charge in [0.1, 0.15) is 18.4 Å². The summed E-state index contributed by atoms with van der Waals surface area (Å²) in [7, 11) is 0. The molecule has 0 amide bonds. The van der Waals surface area contributed by atoms with Gasteiger partial charge in [0.2, 0.25) is 5.78 Å². The lowest BCUT2D eigenvalue weighted by Gasteiger charge is -2.26. The van der Waals surface area contributed by atoms with Gasteiger partial charge in [0.15, 0.2) is 0 Å². The van der Waals surface area contributed by atoms with Gasteiger partial charge in [0, 0.05) is 37.6 Å². The van der Waals surface area contributed by atoms with Crippen molar-refractivity contribution in [2.45, 2.75) is 19.4 Å². The quantitative estimate of drug-likeness (QED) is 0.438. The SMILES string of the molecule is C=C(C(=O)C1=CCC=C(OCCN2CCOCC2)C=C1)N(/C=C\C)CC1=NC2=CC=CC=CC2N=C1. The molecule has 1 saturated heterocycles. The summed E-state index contributed by atoms with van der Waals surface area (Å²) in [4.78, 5) is 26.9. The van der Waals surface area contributed by atoms with Gasteiger partial charge in [-0.1, -0.05) is 43.0 Å². The van der Waals surface area contributed by atoms with E-state index < -0.39 is 0 Å². The molecule has 36 heavy (non-hydrogen) atoms. The summed E-state index contributed by atoms with van der Waals surface area (Å²) in [5, 5.41) is 0. The Labute approximate surface area is 213 Å². The van der Waals surface area contributed by atoms with Gasteiger partial charge in [-0.25, -0.2) is 0 Å². The molecule has 0 saturated carbocycles. The molecule has 188 valence electrons. The fraction of sp³-hybridized carbons (Fsp3) is 0.345. The van der Waals surface area contributed by atoms with Crippen LogP contribution >= 0.6 is 0 Å². The predicted molar refractivity (Wildman–Crippen MR) is 145 cm³/mol. The molecule has 0 aromatic carbocycles. The van der Waals surface area contributed by atoms with Crippen LogP contribution in [0.5, 0.6) is 0 Å². The lowest BCUT2D eigenvalue weighted by atomic mass is 10.1. The van der Waals surface area contributed by atoms with Crippen LogP contribution in [-0.4, -0.2) is 79.6 Å². The molecule has 7 nitrogen and oxygen atoms in total. The number of morpholine rings is 1. The number of carbonyl (C=O) groups is 1. The van der Waals surface area contributed by atoms with Gasteiger partial charge in [-0.05, 0) is 37.6 Å². The lowest BCUT2D eigenvalue weighted by molar-refractivity contribution is -0.113. The van der Waals surface area contributed by atoms with Crippen LogP contribution in [0.1, 0.15) is 13.3 Å². The summed E-state index contributed by atoms with van der Waals surface area (Å²) in [6.07, 6.45) is 23.6. The average molecular weight is 487 g/mol. The molecule has 0 radical (unpaired) electrons. The zero-order valence-electron chi connectivity index (χ0n) is 20.9. The molecule has 7 heteroatoms. The third-order valence-electron chi connectivity index (χ3n) is 6.14. The summed E-state index contributed by atoms with van der Waals surface area (Å²) in [5.74, 6) is 0.651. The maximum absolute atomic E-state index is 13.3. The van der Waals surface area contributed by atoms with Crippen LogP contribution in [0.25, 0.3) is 0 Å². The fourth-order valence-electron chi connectivity index (χ4n) is 4.14. The molecule has 1 fully saturated rings. The van der Waals surface area contributed by atoms with Gasteiger partial charge < -0.3 is 14.4 Å². The van der Waals surface area contributed by atoms with E-state index in [1.165, 1.54) is 0 Å². The van der Waals surface area contributed by atoms with Crippen molar-refractivity contribution in [2.75, 3.05) is 46.0 Å². The van der Waals surface area contributed by atoms with E-state index >= 15 is 0 Å². The standard InChI is InChI=1S/C29H34N4O3/c1-3-14-33(22-25-21-30-27-10-5-4-6-11-28(27)31-25)23(2)29(34)24-8-7-9-26(13-12-24)36-20-17-32-15-18-35-19-16-32/h3-6,8-14,21,27H,2,7,15-20,22H2,1H3/b14-3-. The number of hydrogen-bond acceptors (Lipinski definition) is 7. The van der Waals surface area contributed by atoms with Crippen molar-refractivity contribution in [1.29, 1.82) is 0 Å². The Morgan fingerprint density at radius 1 is 1.25 bits per heavy atom. The molecule has 0 aromatic rings. The number of allylic oxidation sites excluding steroid dienone is 10. The Morgan fingerprint density at radius 3 is 2.94 bits per heavy atom. The molecule has 2 heterocycles. The van der Waals surface area contributed by atoms with Crippen molar-refractivity contribution >= 4 is 17.7 Å². The van der Waals surface area contributed by atoms with Crippen molar-refractivity contribution in [3.63, 3.8) is 0 Å². The highest BCUT2D eigenvalue weighted by molar-refractivity contribution is 6.32. The van der Waals surface area contributed by atoms with Crippen LogP contribution in [0.2, 0.25) is 0 Å². The average Bonchev–Trinajstić information content (AvgIpc) is 3.29. The van der Waals surface area contributed by atoms with E-state index in [9.17, 15) is 4.79 Å². The summed E-state index contributed by atoms with van der Waals surface area (Å²) < 4.78 is 11.3. The van der Waals surface area contributed by atoms with E-state index in [1.54, 1.807) is 6.21 Å². The fourth-order valence-corrected chi connectivity index (χ4v) is 4.14. The van der Waals surface area contributed by atoms with Crippen LogP contribution < -0.4 is 0 Å². The van der Waals surface area contributed by atoms with Gasteiger partial charge in [-0.15, -0.1) is 0 Å². The molecule has 1 atom stereocenters. The number of ether oxygens (including phenoxy) is 2. The number of hydrogen-bond donors (Lipinski definition) is 0. The number of rotatable bonds is 10. The summed E-state index contributed by atoms with van der Waals surface area (Å²) in [6.45, 7) is 11.3. The first-order valence-corrected chi connectivity index (χ1v) is 12.4. The van der Waals surface area contributed by atoms with Gasteiger partial charge in [-0.2, -0.15) is 0 Å². The van der Waals surface area contributed by atoms with E-state index in [0.717, 1.165) is 50.0 Å². The molecular weight excluding hydrogens is 452 g/mol. The number of Topliss-reactive ketones (excluding diaryl/α,β-unsaturated/α-hetero) is 1. The molecule has 4 aliphatic rings. The van der Waals surface area contributed by atoms with Gasteiger partial charge in [0.05, 0.1) is 36.9 Å². The Hall–Kier alpha value is -3.55. The zero-order chi connectivity index (χ0) is 25.2. The second-order valence-corrected chi connectivity index (χ2v) is 8.71. The van der Waals surface area contributed by atoms with Crippen LogP contribution in [0.15, 0.2) is 106 Å². The molecule has 0 spiro atoms. The number of aliphatic imine (C=N–C) groups is 2. The van der Waals surface area contributed by atoms with Gasteiger partial charge in [-0.3, -0.25) is 19.7 Å². The van der Waals surface area contributed by atoms with Crippen LogP contribution in [0.3, 0.4) is 0 Å². The molecule has 2 aliphatic heterocycles. The number of fused-ring (bicyclic) bond motifs is 1. The molecular formula is C29H34N4O3. The van der Waals surface area contributed by atoms with Crippen LogP contribution in [-0.2, 0) is 14.3 Å². The smallest absolute Gasteiger partial charge is 0.208 e. The number of carbonyl (C=O) groups excluding carboxylic acids is 1. The predicted octanol–water partition coefficient (Wildman–Crippen LogP) is 3.93. The van der Waals surface area contributed by atoms with Gasteiger partial charge in [0.25, 0.3) is 0 Å². The van der Waals surface area contributed by atoms with Crippen molar-refractivity contribution < 1.29 is 14.3 Å². The Bertz CT molecular complexity index is 1110. The summed E-state index contributed by atoms with van der Waals surface area (Å²) >= 11 is 0. The largest absolute Gasteiger partial charge is 0.493 e. The third-order valence-corrected chi connectivity index (χ3v) is 6.14. The Morgan fingerprint density at radius 2 is 2.11 bits per heavy atom. The maximum Gasteiger partial charge on any atom is 0.208 e. The highest BCUT2D eigenvalue weighted by Crippen LogP contribution is 2.20. The molecule has 0 aromatic heterocycles. The second kappa shape index (κ2) is 13.0. The van der Waals surface area contributed by atoms with Crippen molar-refractivity contribution in [1.82, 2.24) is 9.80 Å². The van der Waals surface area contributed by atoms with E-state index in [0.29, 0.717) is 30.8 Å². The van der Waals surface area contributed by atoms with E-state index in [-0.39, 0.29) is 11.8 Å². The number of ketones is 1. The molecule has 4 rings (SSSR count). The van der Waals surface area contributed by atoms with E-state index in [2.05, 4.69) is 16.5 Å². The highest BCUT2D eigenvalue weighted by Gasteiger charge is 2.21.